The van der Waals surface area contributed by atoms with E-state index in [2.05, 4.69) is 9.97 Å². The van der Waals surface area contributed by atoms with Gasteiger partial charge in [-0.25, -0.2) is 0 Å². The van der Waals surface area contributed by atoms with Crippen LogP contribution in [0.25, 0.3) is 21.8 Å². The van der Waals surface area contributed by atoms with Gasteiger partial charge in [-0.3, -0.25) is 9.59 Å². The van der Waals surface area contributed by atoms with E-state index in [0.29, 0.717) is 38.2 Å². The van der Waals surface area contributed by atoms with E-state index in [9.17, 15) is 9.59 Å². The lowest BCUT2D eigenvalue weighted by Crippen LogP contribution is -2.51. The molecule has 2 N–H and O–H groups in total. The average molecular weight is 416 g/mol. The summed E-state index contributed by atoms with van der Waals surface area (Å²) in [5.74, 6) is 0.826. The number of hydrogen-bond donors (Lipinski definition) is 2. The van der Waals surface area contributed by atoms with Crippen molar-refractivity contribution in [2.75, 3.05) is 33.3 Å². The fraction of sp³-hybridized carbons (Fsp3) is 0.250. The summed E-state index contributed by atoms with van der Waals surface area (Å²) in [5.41, 5.74) is 3.51. The summed E-state index contributed by atoms with van der Waals surface area (Å²) < 4.78 is 5.47. The van der Waals surface area contributed by atoms with Gasteiger partial charge in [0.1, 0.15) is 5.75 Å². The summed E-state index contributed by atoms with van der Waals surface area (Å²) in [6.07, 6.45) is 3.95. The minimum atomic E-state index is 0.00548. The molecule has 0 saturated carbocycles. The number of para-hydroxylation sites is 1. The van der Waals surface area contributed by atoms with Crippen LogP contribution >= 0.6 is 0 Å². The number of aromatic amines is 2. The molecule has 1 aliphatic rings. The number of piperazine rings is 1. The third-order valence-electron chi connectivity index (χ3n) is 6.05. The molecule has 1 saturated heterocycles. The fourth-order valence-electron chi connectivity index (χ4n) is 4.38. The first-order chi connectivity index (χ1) is 15.2. The lowest BCUT2D eigenvalue weighted by Gasteiger charge is -2.34. The summed E-state index contributed by atoms with van der Waals surface area (Å²) >= 11 is 0. The van der Waals surface area contributed by atoms with Gasteiger partial charge in [-0.2, -0.15) is 0 Å². The van der Waals surface area contributed by atoms with Crippen LogP contribution in [0.15, 0.2) is 54.9 Å². The van der Waals surface area contributed by atoms with E-state index in [1.807, 2.05) is 58.5 Å². The molecule has 0 spiro atoms. The molecule has 0 aliphatic carbocycles. The molecular weight excluding hydrogens is 392 g/mol. The Kier molecular flexibility index (Phi) is 4.86. The first kappa shape index (κ1) is 19.2. The Morgan fingerprint density at radius 1 is 0.903 bits per heavy atom. The monoisotopic (exact) mass is 416 g/mol. The zero-order valence-electron chi connectivity index (χ0n) is 17.4. The summed E-state index contributed by atoms with van der Waals surface area (Å²) in [7, 11) is 1.64. The number of carbonyl (C=O) groups is 2. The van der Waals surface area contributed by atoms with Crippen molar-refractivity contribution in [1.29, 1.82) is 0 Å². The molecule has 2 amide bonds. The van der Waals surface area contributed by atoms with Crippen LogP contribution in [0.3, 0.4) is 0 Å². The Hall–Kier alpha value is -3.74. The number of fused-ring (bicyclic) bond motifs is 2. The van der Waals surface area contributed by atoms with Crippen molar-refractivity contribution in [1.82, 2.24) is 19.8 Å². The number of H-pyrrole nitrogens is 2. The molecule has 0 atom stereocenters. The number of ether oxygens (including phenoxy) is 1. The molecular formula is C24H24N4O3. The second-order valence-electron chi connectivity index (χ2n) is 7.79. The number of nitrogens with zero attached hydrogens (tertiary/aromatic N) is 2. The maximum Gasteiger partial charge on any atom is 0.256 e. The third-order valence-corrected chi connectivity index (χ3v) is 6.05. The Bertz CT molecular complexity index is 1260. The molecule has 7 heteroatoms. The summed E-state index contributed by atoms with van der Waals surface area (Å²) in [6.45, 7) is 2.13. The Morgan fingerprint density at radius 2 is 1.61 bits per heavy atom. The van der Waals surface area contributed by atoms with E-state index in [0.717, 1.165) is 33.1 Å². The predicted molar refractivity (Wildman–Crippen MR) is 119 cm³/mol. The Morgan fingerprint density at radius 3 is 2.42 bits per heavy atom. The zero-order chi connectivity index (χ0) is 21.4. The van der Waals surface area contributed by atoms with Gasteiger partial charge in [0.2, 0.25) is 5.91 Å². The topological polar surface area (TPSA) is 81.4 Å². The number of carbonyl (C=O) groups excluding carboxylic acids is 2. The molecule has 5 rings (SSSR count). The van der Waals surface area contributed by atoms with E-state index in [4.69, 9.17) is 4.74 Å². The predicted octanol–water partition coefficient (Wildman–Crippen LogP) is 3.18. The maximum atomic E-state index is 13.0. The van der Waals surface area contributed by atoms with E-state index in [1.54, 1.807) is 13.3 Å². The van der Waals surface area contributed by atoms with Gasteiger partial charge in [-0.05, 0) is 23.8 Å². The van der Waals surface area contributed by atoms with E-state index in [1.165, 1.54) is 0 Å². The molecule has 2 aromatic carbocycles. The third kappa shape index (κ3) is 3.42. The Labute approximate surface area is 179 Å². The summed E-state index contributed by atoms with van der Waals surface area (Å²) in [4.78, 5) is 36.0. The number of aromatic nitrogens is 2. The van der Waals surface area contributed by atoms with Gasteiger partial charge in [0.15, 0.2) is 0 Å². The van der Waals surface area contributed by atoms with Gasteiger partial charge in [-0.15, -0.1) is 0 Å². The molecule has 158 valence electrons. The fourth-order valence-corrected chi connectivity index (χ4v) is 4.38. The largest absolute Gasteiger partial charge is 0.496 e. The van der Waals surface area contributed by atoms with Crippen LogP contribution in [-0.4, -0.2) is 64.9 Å². The normalized spacial score (nSPS) is 14.4. The minimum absolute atomic E-state index is 0.00548. The van der Waals surface area contributed by atoms with Crippen LogP contribution in [-0.2, 0) is 11.2 Å². The van der Waals surface area contributed by atoms with Crippen molar-refractivity contribution >= 4 is 33.6 Å². The lowest BCUT2D eigenvalue weighted by atomic mass is 10.1. The van der Waals surface area contributed by atoms with Crippen LogP contribution in [0.1, 0.15) is 15.9 Å². The number of nitrogens with one attached hydrogen (secondary N) is 2. The molecule has 0 radical (unpaired) electrons. The van der Waals surface area contributed by atoms with Crippen LogP contribution < -0.4 is 4.74 Å². The maximum absolute atomic E-state index is 13.0. The summed E-state index contributed by atoms with van der Waals surface area (Å²) in [6, 6.07) is 13.6. The highest BCUT2D eigenvalue weighted by Gasteiger charge is 2.26. The first-order valence-electron chi connectivity index (χ1n) is 10.4. The zero-order valence-corrected chi connectivity index (χ0v) is 17.4. The molecule has 7 nitrogen and oxygen atoms in total. The van der Waals surface area contributed by atoms with Gasteiger partial charge >= 0.3 is 0 Å². The van der Waals surface area contributed by atoms with Crippen LogP contribution in [0.5, 0.6) is 5.75 Å². The molecule has 2 aromatic heterocycles. The molecule has 3 heterocycles. The number of amides is 2. The van der Waals surface area contributed by atoms with Gasteiger partial charge in [0.05, 0.1) is 19.1 Å². The van der Waals surface area contributed by atoms with Gasteiger partial charge in [0, 0.05) is 60.4 Å². The van der Waals surface area contributed by atoms with E-state index in [-0.39, 0.29) is 11.8 Å². The molecule has 0 unspecified atom stereocenters. The standard InChI is InChI=1S/C24H24N4O3/c1-31-21-8-4-7-20-23(21)16(14-25-20)13-22(29)27-9-11-28(12-10-27)24(30)18-15-26-19-6-3-2-5-17(18)19/h2-8,14-15,25-26H,9-13H2,1H3. The van der Waals surface area contributed by atoms with Gasteiger partial charge in [0.25, 0.3) is 5.91 Å². The summed E-state index contributed by atoms with van der Waals surface area (Å²) in [5, 5.41) is 1.88. The highest BCUT2D eigenvalue weighted by molar-refractivity contribution is 6.06. The van der Waals surface area contributed by atoms with Crippen molar-refractivity contribution in [3.8, 4) is 5.75 Å². The van der Waals surface area contributed by atoms with Gasteiger partial charge < -0.3 is 24.5 Å². The molecule has 1 fully saturated rings. The van der Waals surface area contributed by atoms with Crippen molar-refractivity contribution in [3.63, 3.8) is 0 Å². The number of methoxy groups -OCH3 is 1. The first-order valence-corrected chi connectivity index (χ1v) is 10.4. The number of rotatable bonds is 4. The smallest absolute Gasteiger partial charge is 0.256 e. The van der Waals surface area contributed by atoms with Crippen LogP contribution in [0.4, 0.5) is 0 Å². The SMILES string of the molecule is COc1cccc2[nH]cc(CC(=O)N3CCN(C(=O)c4c[nH]c5ccccc45)CC3)c12. The van der Waals surface area contributed by atoms with Crippen molar-refractivity contribution in [3.05, 3.63) is 66.0 Å². The number of benzene rings is 2. The quantitative estimate of drug-likeness (QED) is 0.536. The van der Waals surface area contributed by atoms with E-state index >= 15 is 0 Å². The lowest BCUT2D eigenvalue weighted by molar-refractivity contribution is -0.131. The minimum Gasteiger partial charge on any atom is -0.496 e. The van der Waals surface area contributed by atoms with Crippen molar-refractivity contribution < 1.29 is 14.3 Å². The van der Waals surface area contributed by atoms with Crippen molar-refractivity contribution in [2.24, 2.45) is 0 Å². The molecule has 1 aliphatic heterocycles. The highest BCUT2D eigenvalue weighted by atomic mass is 16.5. The van der Waals surface area contributed by atoms with Crippen molar-refractivity contribution in [2.45, 2.75) is 6.42 Å². The number of hydrogen-bond acceptors (Lipinski definition) is 3. The molecule has 0 bridgehead atoms. The second kappa shape index (κ2) is 7.83. The molecule has 31 heavy (non-hydrogen) atoms. The van der Waals surface area contributed by atoms with Crippen LogP contribution in [0, 0.1) is 0 Å². The highest BCUT2D eigenvalue weighted by Crippen LogP contribution is 2.29. The Balaban J connectivity index is 1.25. The average Bonchev–Trinajstić information content (AvgIpc) is 3.43. The second-order valence-corrected chi connectivity index (χ2v) is 7.79. The molecule has 4 aromatic rings. The van der Waals surface area contributed by atoms with Crippen LogP contribution in [0.2, 0.25) is 0 Å². The van der Waals surface area contributed by atoms with E-state index < -0.39 is 0 Å². The van der Waals surface area contributed by atoms with Gasteiger partial charge in [-0.1, -0.05) is 24.3 Å².